The highest BCUT2D eigenvalue weighted by atomic mass is 19.1. The molecule has 1 N–H and O–H groups in total. The van der Waals surface area contributed by atoms with Crippen molar-refractivity contribution in [2.24, 2.45) is 0 Å². The van der Waals surface area contributed by atoms with E-state index >= 15 is 0 Å². The Morgan fingerprint density at radius 2 is 1.79 bits per heavy atom. The second-order valence-electron chi connectivity index (χ2n) is 5.02. The van der Waals surface area contributed by atoms with Crippen LogP contribution in [-0.2, 0) is 6.61 Å². The van der Waals surface area contributed by atoms with Gasteiger partial charge in [-0.2, -0.15) is 0 Å². The minimum atomic E-state index is -0.440. The van der Waals surface area contributed by atoms with E-state index in [0.717, 1.165) is 0 Å². The molecule has 0 bridgehead atoms. The molecule has 0 saturated heterocycles. The fraction of sp³-hybridized carbons (Fsp3) is 0.167. The van der Waals surface area contributed by atoms with Crippen LogP contribution in [0.25, 0.3) is 22.6 Å². The molecule has 0 spiro atoms. The van der Waals surface area contributed by atoms with Gasteiger partial charge in [0.2, 0.25) is 0 Å². The lowest BCUT2D eigenvalue weighted by atomic mass is 10.0. The smallest absolute Gasteiger partial charge is 0.176 e. The third-order valence-corrected chi connectivity index (χ3v) is 3.72. The lowest BCUT2D eigenvalue weighted by Crippen LogP contribution is -1.95. The van der Waals surface area contributed by atoms with Gasteiger partial charge in [0.1, 0.15) is 11.5 Å². The molecule has 1 aromatic heterocycles. The Kier molecular flexibility index (Phi) is 4.48. The van der Waals surface area contributed by atoms with Crippen LogP contribution < -0.4 is 9.47 Å². The van der Waals surface area contributed by atoms with E-state index in [1.807, 2.05) is 0 Å². The summed E-state index contributed by atoms with van der Waals surface area (Å²) < 4.78 is 30.1. The van der Waals surface area contributed by atoms with E-state index in [1.54, 1.807) is 36.4 Å². The number of halogens is 1. The molecule has 0 saturated carbocycles. The van der Waals surface area contributed by atoms with Crippen LogP contribution >= 0.6 is 0 Å². The molecule has 0 amide bonds. The molecule has 3 rings (SSSR count). The van der Waals surface area contributed by atoms with Gasteiger partial charge in [-0.1, -0.05) is 23.4 Å². The maximum Gasteiger partial charge on any atom is 0.176 e. The Hall–Kier alpha value is -2.86. The minimum Gasteiger partial charge on any atom is -0.493 e. The van der Waals surface area contributed by atoms with Gasteiger partial charge in [0.15, 0.2) is 17.3 Å². The Labute approximate surface area is 138 Å². The van der Waals surface area contributed by atoms with Crippen molar-refractivity contribution in [3.63, 3.8) is 0 Å². The predicted octanol–water partition coefficient (Wildman–Crippen LogP) is 3.66. The van der Waals surface area contributed by atoms with Crippen LogP contribution in [0.4, 0.5) is 4.39 Å². The molecule has 1 heterocycles. The van der Waals surface area contributed by atoms with Crippen molar-refractivity contribution < 1.29 is 23.5 Å². The zero-order valence-corrected chi connectivity index (χ0v) is 13.2. The van der Waals surface area contributed by atoms with E-state index in [2.05, 4.69) is 5.16 Å². The molecular formula is C18H16FNO4. The van der Waals surface area contributed by atoms with Crippen molar-refractivity contribution in [3.05, 3.63) is 53.8 Å². The van der Waals surface area contributed by atoms with Crippen LogP contribution in [0.3, 0.4) is 0 Å². The van der Waals surface area contributed by atoms with Gasteiger partial charge in [-0.05, 0) is 24.3 Å². The summed E-state index contributed by atoms with van der Waals surface area (Å²) in [5.74, 6) is 0.838. The highest BCUT2D eigenvalue weighted by Gasteiger charge is 2.23. The Bertz CT molecular complexity index is 860. The third-order valence-electron chi connectivity index (χ3n) is 3.72. The van der Waals surface area contributed by atoms with Gasteiger partial charge < -0.3 is 19.1 Å². The van der Waals surface area contributed by atoms with E-state index in [9.17, 15) is 9.50 Å². The van der Waals surface area contributed by atoms with Gasteiger partial charge in [0.25, 0.3) is 0 Å². The van der Waals surface area contributed by atoms with E-state index in [4.69, 9.17) is 14.0 Å². The van der Waals surface area contributed by atoms with E-state index in [-0.39, 0.29) is 17.9 Å². The van der Waals surface area contributed by atoms with E-state index < -0.39 is 5.82 Å². The van der Waals surface area contributed by atoms with Crippen LogP contribution in [-0.4, -0.2) is 24.5 Å². The summed E-state index contributed by atoms with van der Waals surface area (Å²) in [6.45, 7) is -0.358. The molecule has 6 heteroatoms. The number of rotatable bonds is 5. The van der Waals surface area contributed by atoms with Gasteiger partial charge in [-0.25, -0.2) is 4.39 Å². The topological polar surface area (TPSA) is 64.7 Å². The molecular weight excluding hydrogens is 313 g/mol. The number of aromatic nitrogens is 1. The SMILES string of the molecule is COc1cccc(-c2onc(-c3ccccc3F)c2CO)c1OC. The fourth-order valence-electron chi connectivity index (χ4n) is 2.60. The molecule has 0 radical (unpaired) electrons. The van der Waals surface area contributed by atoms with Crippen molar-refractivity contribution in [1.82, 2.24) is 5.16 Å². The average Bonchev–Trinajstić information content (AvgIpc) is 3.04. The number of para-hydroxylation sites is 1. The Morgan fingerprint density at radius 1 is 1.04 bits per heavy atom. The first-order valence-corrected chi connectivity index (χ1v) is 7.27. The molecule has 3 aromatic rings. The quantitative estimate of drug-likeness (QED) is 0.774. The van der Waals surface area contributed by atoms with E-state index in [1.165, 1.54) is 20.3 Å². The first-order chi connectivity index (χ1) is 11.7. The minimum absolute atomic E-state index is 0.260. The standard InChI is InChI=1S/C18H16FNO4/c1-22-15-9-5-7-12(18(15)23-2)17-13(10-21)16(20-24-17)11-6-3-4-8-14(11)19/h3-9,21H,10H2,1-2H3. The normalized spacial score (nSPS) is 10.7. The zero-order valence-electron chi connectivity index (χ0n) is 13.2. The second kappa shape index (κ2) is 6.72. The molecule has 0 aliphatic carbocycles. The van der Waals surface area contributed by atoms with Crippen molar-refractivity contribution >= 4 is 0 Å². The first-order valence-electron chi connectivity index (χ1n) is 7.27. The number of hydrogen-bond donors (Lipinski definition) is 1. The average molecular weight is 329 g/mol. The number of benzene rings is 2. The molecule has 0 fully saturated rings. The molecule has 0 unspecified atom stereocenters. The van der Waals surface area contributed by atoms with Crippen molar-refractivity contribution in [1.29, 1.82) is 0 Å². The first kappa shape index (κ1) is 16.0. The lowest BCUT2D eigenvalue weighted by molar-refractivity contribution is 0.281. The summed E-state index contributed by atoms with van der Waals surface area (Å²) in [6, 6.07) is 11.5. The van der Waals surface area contributed by atoms with Crippen LogP contribution in [0.2, 0.25) is 0 Å². The fourth-order valence-corrected chi connectivity index (χ4v) is 2.60. The monoisotopic (exact) mass is 329 g/mol. The summed E-state index contributed by atoms with van der Waals surface area (Å²) >= 11 is 0. The van der Waals surface area contributed by atoms with Gasteiger partial charge >= 0.3 is 0 Å². The largest absolute Gasteiger partial charge is 0.493 e. The second-order valence-corrected chi connectivity index (χ2v) is 5.02. The number of hydrogen-bond acceptors (Lipinski definition) is 5. The number of aliphatic hydroxyl groups excluding tert-OH is 1. The molecule has 124 valence electrons. The Morgan fingerprint density at radius 3 is 2.46 bits per heavy atom. The highest BCUT2D eigenvalue weighted by Crippen LogP contribution is 2.41. The van der Waals surface area contributed by atoms with Gasteiger partial charge in [0.05, 0.1) is 32.0 Å². The predicted molar refractivity (Wildman–Crippen MR) is 86.4 cm³/mol. The van der Waals surface area contributed by atoms with Gasteiger partial charge in [-0.15, -0.1) is 0 Å². The van der Waals surface area contributed by atoms with Gasteiger partial charge in [-0.3, -0.25) is 0 Å². The maximum atomic E-state index is 14.1. The Balaban J connectivity index is 2.20. The maximum absolute atomic E-state index is 14.1. The molecule has 0 aliphatic rings. The molecule has 2 aromatic carbocycles. The van der Waals surface area contributed by atoms with Crippen LogP contribution in [0, 0.1) is 5.82 Å². The summed E-state index contributed by atoms with van der Waals surface area (Å²) in [4.78, 5) is 0. The number of methoxy groups -OCH3 is 2. The van der Waals surface area contributed by atoms with Crippen molar-refractivity contribution in [2.45, 2.75) is 6.61 Å². The van der Waals surface area contributed by atoms with Crippen LogP contribution in [0.5, 0.6) is 11.5 Å². The highest BCUT2D eigenvalue weighted by molar-refractivity contribution is 5.77. The van der Waals surface area contributed by atoms with E-state index in [0.29, 0.717) is 28.4 Å². The summed E-state index contributed by atoms with van der Waals surface area (Å²) in [6.07, 6.45) is 0. The van der Waals surface area contributed by atoms with Gasteiger partial charge in [0, 0.05) is 5.56 Å². The summed E-state index contributed by atoms with van der Waals surface area (Å²) in [5.41, 5.74) is 1.47. The van der Waals surface area contributed by atoms with Crippen molar-refractivity contribution in [2.75, 3.05) is 14.2 Å². The number of aliphatic hydroxyl groups is 1. The third kappa shape index (κ3) is 2.61. The number of ether oxygens (including phenoxy) is 2. The van der Waals surface area contributed by atoms with Crippen LogP contribution in [0.1, 0.15) is 5.56 Å². The molecule has 0 aliphatic heterocycles. The zero-order chi connectivity index (χ0) is 17.1. The number of nitrogens with zero attached hydrogens (tertiary/aromatic N) is 1. The molecule has 5 nitrogen and oxygen atoms in total. The summed E-state index contributed by atoms with van der Waals surface area (Å²) in [7, 11) is 3.04. The lowest BCUT2D eigenvalue weighted by Gasteiger charge is -2.11. The molecule has 0 atom stereocenters. The molecule has 24 heavy (non-hydrogen) atoms. The van der Waals surface area contributed by atoms with Crippen molar-refractivity contribution in [3.8, 4) is 34.1 Å². The van der Waals surface area contributed by atoms with Crippen LogP contribution in [0.15, 0.2) is 47.0 Å². The summed E-state index contributed by atoms with van der Waals surface area (Å²) in [5, 5.41) is 13.8.